The summed E-state index contributed by atoms with van der Waals surface area (Å²) in [5.41, 5.74) is 3.07. The molecule has 4 nitrogen and oxygen atoms in total. The molecule has 0 bridgehead atoms. The average Bonchev–Trinajstić information content (AvgIpc) is 2.90. The van der Waals surface area contributed by atoms with Gasteiger partial charge in [0.05, 0.1) is 17.6 Å². The van der Waals surface area contributed by atoms with Crippen molar-refractivity contribution >= 4 is 32.7 Å². The van der Waals surface area contributed by atoms with Gasteiger partial charge in [-0.15, -0.1) is 0 Å². The van der Waals surface area contributed by atoms with E-state index in [1.807, 2.05) is 37.3 Å². The van der Waals surface area contributed by atoms with E-state index in [0.29, 0.717) is 6.54 Å². The van der Waals surface area contributed by atoms with E-state index in [1.165, 1.54) is 0 Å². The zero-order valence-electron chi connectivity index (χ0n) is 9.83. The van der Waals surface area contributed by atoms with Crippen molar-refractivity contribution in [3.05, 3.63) is 46.6 Å². The van der Waals surface area contributed by atoms with E-state index in [9.17, 15) is 0 Å². The Morgan fingerprint density at radius 3 is 3.00 bits per heavy atom. The first-order chi connectivity index (χ1) is 8.70. The number of benzene rings is 1. The maximum Gasteiger partial charge on any atom is 0.169 e. The molecule has 0 aliphatic heterocycles. The average molecular weight is 306 g/mol. The van der Waals surface area contributed by atoms with Gasteiger partial charge in [-0.05, 0) is 53.2 Å². The lowest BCUT2D eigenvalue weighted by Gasteiger charge is -2.03. The van der Waals surface area contributed by atoms with Gasteiger partial charge in [-0.25, -0.2) is 4.98 Å². The molecular formula is C13H12BrN3O. The topological polar surface area (TPSA) is 53.9 Å². The summed E-state index contributed by atoms with van der Waals surface area (Å²) in [4.78, 5) is 7.59. The zero-order chi connectivity index (χ0) is 12.5. The van der Waals surface area contributed by atoms with Gasteiger partial charge in [0.2, 0.25) is 0 Å². The number of aryl methyl sites for hydroxylation is 1. The van der Waals surface area contributed by atoms with Crippen molar-refractivity contribution in [3.8, 4) is 0 Å². The molecule has 0 aliphatic rings. The van der Waals surface area contributed by atoms with Crippen LogP contribution in [-0.2, 0) is 6.54 Å². The molecule has 0 fully saturated rings. The molecule has 1 aromatic carbocycles. The number of furan rings is 1. The number of anilines is 1. The van der Waals surface area contributed by atoms with Gasteiger partial charge in [-0.2, -0.15) is 0 Å². The standard InChI is InChI=1S/C13H12BrN3O/c1-8-16-11-4-2-9(6-12(11)17-8)15-7-10-3-5-13(14)18-10/h2-6,15H,7H2,1H3,(H,16,17). The Morgan fingerprint density at radius 2 is 2.22 bits per heavy atom. The number of aromatic nitrogens is 2. The van der Waals surface area contributed by atoms with Crippen LogP contribution in [-0.4, -0.2) is 9.97 Å². The molecular weight excluding hydrogens is 294 g/mol. The number of hydrogen-bond acceptors (Lipinski definition) is 3. The van der Waals surface area contributed by atoms with Gasteiger partial charge < -0.3 is 14.7 Å². The van der Waals surface area contributed by atoms with Gasteiger partial charge in [0, 0.05) is 5.69 Å². The second-order valence-electron chi connectivity index (χ2n) is 4.11. The Morgan fingerprint density at radius 1 is 1.33 bits per heavy atom. The van der Waals surface area contributed by atoms with Crippen molar-refractivity contribution in [1.29, 1.82) is 0 Å². The zero-order valence-corrected chi connectivity index (χ0v) is 11.4. The van der Waals surface area contributed by atoms with Crippen molar-refractivity contribution in [3.63, 3.8) is 0 Å². The molecule has 2 N–H and O–H groups in total. The fourth-order valence-corrected chi connectivity index (χ4v) is 2.22. The maximum absolute atomic E-state index is 5.43. The molecule has 92 valence electrons. The van der Waals surface area contributed by atoms with E-state index >= 15 is 0 Å². The van der Waals surface area contributed by atoms with Crippen LogP contribution in [0.1, 0.15) is 11.6 Å². The lowest BCUT2D eigenvalue weighted by Crippen LogP contribution is -1.97. The molecule has 2 heterocycles. The van der Waals surface area contributed by atoms with Crippen LogP contribution in [0.15, 0.2) is 39.4 Å². The number of fused-ring (bicyclic) bond motifs is 1. The van der Waals surface area contributed by atoms with Gasteiger partial charge in [0.15, 0.2) is 4.67 Å². The second-order valence-corrected chi connectivity index (χ2v) is 4.90. The number of halogens is 1. The summed E-state index contributed by atoms with van der Waals surface area (Å²) < 4.78 is 6.18. The molecule has 0 unspecified atom stereocenters. The number of H-pyrrole nitrogens is 1. The van der Waals surface area contributed by atoms with Crippen LogP contribution >= 0.6 is 15.9 Å². The first kappa shape index (κ1) is 11.3. The predicted octanol–water partition coefficient (Wildman–Crippen LogP) is 3.84. The Balaban J connectivity index is 1.78. The van der Waals surface area contributed by atoms with Crippen LogP contribution < -0.4 is 5.32 Å². The Hall–Kier alpha value is -1.75. The number of aromatic amines is 1. The van der Waals surface area contributed by atoms with E-state index in [1.54, 1.807) is 0 Å². The molecule has 3 rings (SSSR count). The highest BCUT2D eigenvalue weighted by Gasteiger charge is 2.02. The molecule has 3 aromatic rings. The highest BCUT2D eigenvalue weighted by atomic mass is 79.9. The van der Waals surface area contributed by atoms with Gasteiger partial charge in [0.1, 0.15) is 11.6 Å². The van der Waals surface area contributed by atoms with Gasteiger partial charge in [-0.3, -0.25) is 0 Å². The van der Waals surface area contributed by atoms with Gasteiger partial charge in [0.25, 0.3) is 0 Å². The van der Waals surface area contributed by atoms with Gasteiger partial charge in [-0.1, -0.05) is 0 Å². The van der Waals surface area contributed by atoms with Crippen LogP contribution in [0.25, 0.3) is 11.0 Å². The second kappa shape index (κ2) is 4.49. The van der Waals surface area contributed by atoms with Crippen molar-refractivity contribution in [2.24, 2.45) is 0 Å². The summed E-state index contributed by atoms with van der Waals surface area (Å²) >= 11 is 3.29. The highest BCUT2D eigenvalue weighted by Crippen LogP contribution is 2.19. The van der Waals surface area contributed by atoms with Crippen LogP contribution in [0.5, 0.6) is 0 Å². The van der Waals surface area contributed by atoms with Crippen molar-refractivity contribution in [2.45, 2.75) is 13.5 Å². The minimum absolute atomic E-state index is 0.657. The summed E-state index contributed by atoms with van der Waals surface area (Å²) in [5, 5.41) is 3.31. The van der Waals surface area contributed by atoms with Crippen LogP contribution in [0.2, 0.25) is 0 Å². The van der Waals surface area contributed by atoms with E-state index in [4.69, 9.17) is 4.42 Å². The fourth-order valence-electron chi connectivity index (χ4n) is 1.88. The third kappa shape index (κ3) is 2.26. The maximum atomic E-state index is 5.43. The van der Waals surface area contributed by atoms with Crippen molar-refractivity contribution in [2.75, 3.05) is 5.32 Å². The third-order valence-electron chi connectivity index (χ3n) is 2.70. The van der Waals surface area contributed by atoms with Crippen molar-refractivity contribution in [1.82, 2.24) is 9.97 Å². The summed E-state index contributed by atoms with van der Waals surface area (Å²) in [6.07, 6.45) is 0. The van der Waals surface area contributed by atoms with Crippen LogP contribution in [0.3, 0.4) is 0 Å². The molecule has 0 atom stereocenters. The van der Waals surface area contributed by atoms with E-state index in [2.05, 4.69) is 31.2 Å². The largest absolute Gasteiger partial charge is 0.452 e. The summed E-state index contributed by atoms with van der Waals surface area (Å²) in [5.74, 6) is 1.82. The number of rotatable bonds is 3. The number of nitrogens with one attached hydrogen (secondary N) is 2. The smallest absolute Gasteiger partial charge is 0.169 e. The number of imidazole rings is 1. The molecule has 0 aliphatic carbocycles. The summed E-state index contributed by atoms with van der Waals surface area (Å²) in [7, 11) is 0. The fraction of sp³-hybridized carbons (Fsp3) is 0.154. The minimum atomic E-state index is 0.657. The first-order valence-corrected chi connectivity index (χ1v) is 6.44. The third-order valence-corrected chi connectivity index (χ3v) is 3.12. The van der Waals surface area contributed by atoms with E-state index < -0.39 is 0 Å². The lowest BCUT2D eigenvalue weighted by molar-refractivity contribution is 0.495. The quantitative estimate of drug-likeness (QED) is 0.773. The SMILES string of the molecule is Cc1nc2ccc(NCc3ccc(Br)o3)cc2[nH]1. The molecule has 2 aromatic heterocycles. The minimum Gasteiger partial charge on any atom is -0.452 e. The molecule has 0 radical (unpaired) electrons. The summed E-state index contributed by atoms with van der Waals surface area (Å²) in [6, 6.07) is 9.89. The summed E-state index contributed by atoms with van der Waals surface area (Å²) in [6.45, 7) is 2.61. The lowest BCUT2D eigenvalue weighted by atomic mass is 10.2. The first-order valence-electron chi connectivity index (χ1n) is 5.65. The molecule has 0 saturated heterocycles. The predicted molar refractivity (Wildman–Crippen MR) is 74.6 cm³/mol. The van der Waals surface area contributed by atoms with Crippen LogP contribution in [0, 0.1) is 6.92 Å². The Bertz CT molecular complexity index is 686. The normalized spacial score (nSPS) is 11.0. The molecule has 0 spiro atoms. The monoisotopic (exact) mass is 305 g/mol. The van der Waals surface area contributed by atoms with Crippen molar-refractivity contribution < 1.29 is 4.42 Å². The molecule has 5 heteroatoms. The number of nitrogens with zero attached hydrogens (tertiary/aromatic N) is 1. The van der Waals surface area contributed by atoms with Gasteiger partial charge >= 0.3 is 0 Å². The van der Waals surface area contributed by atoms with E-state index in [-0.39, 0.29) is 0 Å². The van der Waals surface area contributed by atoms with E-state index in [0.717, 1.165) is 33.0 Å². The van der Waals surface area contributed by atoms with Crippen LogP contribution in [0.4, 0.5) is 5.69 Å². The molecule has 18 heavy (non-hydrogen) atoms. The molecule has 0 saturated carbocycles. The Labute approximate surface area is 113 Å². The molecule has 0 amide bonds. The highest BCUT2D eigenvalue weighted by molar-refractivity contribution is 9.10. The Kier molecular flexibility index (Phi) is 2.83. The number of hydrogen-bond donors (Lipinski definition) is 2.